The Kier molecular flexibility index (Phi) is 5.60. The minimum Gasteiger partial charge on any atom is -0.390 e. The predicted octanol–water partition coefficient (Wildman–Crippen LogP) is 4.57. The van der Waals surface area contributed by atoms with Crippen LogP contribution in [-0.4, -0.2) is 39.3 Å². The van der Waals surface area contributed by atoms with E-state index < -0.39 is 29.4 Å². The molecule has 0 bridgehead atoms. The highest BCUT2D eigenvalue weighted by Crippen LogP contribution is 2.53. The van der Waals surface area contributed by atoms with Crippen LogP contribution < -0.4 is 0 Å². The van der Waals surface area contributed by atoms with Gasteiger partial charge in [-0.3, -0.25) is 4.79 Å². The molecule has 7 heteroatoms. The quantitative estimate of drug-likeness (QED) is 0.729. The number of nitrogens with zero attached hydrogens (tertiary/aromatic N) is 1. The summed E-state index contributed by atoms with van der Waals surface area (Å²) in [6.07, 6.45) is -4.15. The van der Waals surface area contributed by atoms with E-state index in [4.69, 9.17) is 0 Å². The van der Waals surface area contributed by atoms with E-state index in [1.807, 2.05) is 37.3 Å². The molecule has 2 N–H and O–H groups in total. The summed E-state index contributed by atoms with van der Waals surface area (Å²) >= 11 is 0. The second-order valence-electron chi connectivity index (χ2n) is 8.88. The zero-order chi connectivity index (χ0) is 22.4. The van der Waals surface area contributed by atoms with Gasteiger partial charge in [-0.25, -0.2) is 0 Å². The molecule has 1 aliphatic carbocycles. The SMILES string of the molecule is C[C@@]12C[C@H](c3ccccc3)N(C(=O)c3ccc(C(F)(F)F)cc3)[C@@H]1CCC[C@@H](O)[C@H]2O. The van der Waals surface area contributed by atoms with Gasteiger partial charge in [0.1, 0.15) is 0 Å². The van der Waals surface area contributed by atoms with Crippen LogP contribution in [0, 0.1) is 5.41 Å². The van der Waals surface area contributed by atoms with E-state index in [1.165, 1.54) is 12.1 Å². The van der Waals surface area contributed by atoms with Crippen LogP contribution in [0.2, 0.25) is 0 Å². The number of carbonyl (C=O) groups is 1. The lowest BCUT2D eigenvalue weighted by Gasteiger charge is -2.38. The van der Waals surface area contributed by atoms with Gasteiger partial charge in [0.15, 0.2) is 0 Å². The molecule has 2 aromatic carbocycles. The first-order valence-corrected chi connectivity index (χ1v) is 10.5. The Labute approximate surface area is 179 Å². The van der Waals surface area contributed by atoms with E-state index >= 15 is 0 Å². The molecule has 0 unspecified atom stereocenters. The van der Waals surface area contributed by atoms with Crippen molar-refractivity contribution in [1.82, 2.24) is 4.90 Å². The van der Waals surface area contributed by atoms with E-state index in [2.05, 4.69) is 0 Å². The maximum atomic E-state index is 13.6. The molecule has 1 heterocycles. The summed E-state index contributed by atoms with van der Waals surface area (Å²) in [6, 6.07) is 13.0. The van der Waals surface area contributed by atoms with Gasteiger partial charge in [-0.2, -0.15) is 13.2 Å². The number of amides is 1. The highest BCUT2D eigenvalue weighted by atomic mass is 19.4. The molecule has 0 spiro atoms. The first-order valence-electron chi connectivity index (χ1n) is 10.5. The molecular weight excluding hydrogens is 407 g/mol. The van der Waals surface area contributed by atoms with Gasteiger partial charge in [0.25, 0.3) is 5.91 Å². The van der Waals surface area contributed by atoms with Crippen LogP contribution in [0.1, 0.15) is 60.1 Å². The van der Waals surface area contributed by atoms with Gasteiger partial charge in [-0.1, -0.05) is 37.3 Å². The molecule has 1 amide bonds. The maximum absolute atomic E-state index is 13.6. The lowest BCUT2D eigenvalue weighted by Crippen LogP contribution is -2.49. The van der Waals surface area contributed by atoms with Crippen LogP contribution in [0.3, 0.4) is 0 Å². The van der Waals surface area contributed by atoms with Gasteiger partial charge in [-0.05, 0) is 55.5 Å². The lowest BCUT2D eigenvalue weighted by molar-refractivity contribution is -0.137. The number of likely N-dealkylation sites (tertiary alicyclic amines) is 1. The third-order valence-electron chi connectivity index (χ3n) is 6.96. The molecular formula is C24H26F3NO3. The third-order valence-corrected chi connectivity index (χ3v) is 6.96. The highest BCUT2D eigenvalue weighted by molar-refractivity contribution is 5.95. The normalized spacial score (nSPS) is 31.2. The van der Waals surface area contributed by atoms with Crippen LogP contribution in [0.15, 0.2) is 54.6 Å². The number of hydrogen-bond acceptors (Lipinski definition) is 3. The molecule has 31 heavy (non-hydrogen) atoms. The Morgan fingerprint density at radius 1 is 1.03 bits per heavy atom. The standard InChI is InChI=1S/C24H26F3NO3/c1-23-14-18(15-6-3-2-4-7-15)28(20(23)9-5-8-19(29)21(23)30)22(31)16-10-12-17(13-11-16)24(25,26)27/h2-4,6-7,10-13,18-21,29-30H,5,8-9,14H2,1H3/t18-,19-,20-,21-,23-/m1/s1. The van der Waals surface area contributed by atoms with Crippen molar-refractivity contribution in [2.45, 2.75) is 63.1 Å². The number of fused-ring (bicyclic) bond motifs is 1. The third kappa shape index (κ3) is 3.85. The minimum absolute atomic E-state index is 0.178. The largest absolute Gasteiger partial charge is 0.416 e. The van der Waals surface area contributed by atoms with Gasteiger partial charge in [0.2, 0.25) is 0 Å². The van der Waals surface area contributed by atoms with Crippen LogP contribution in [0.25, 0.3) is 0 Å². The fourth-order valence-corrected chi connectivity index (χ4v) is 5.28. The number of carbonyl (C=O) groups excluding carboxylic acids is 1. The van der Waals surface area contributed by atoms with Crippen LogP contribution in [0.5, 0.6) is 0 Å². The fraction of sp³-hybridized carbons (Fsp3) is 0.458. The average Bonchev–Trinajstić information content (AvgIpc) is 3.01. The summed E-state index contributed by atoms with van der Waals surface area (Å²) in [7, 11) is 0. The summed E-state index contributed by atoms with van der Waals surface area (Å²) in [6.45, 7) is 1.90. The molecule has 4 rings (SSSR count). The average molecular weight is 433 g/mol. The Balaban J connectivity index is 1.75. The van der Waals surface area contributed by atoms with Gasteiger partial charge in [0, 0.05) is 17.0 Å². The number of benzene rings is 2. The number of hydrogen-bond donors (Lipinski definition) is 2. The molecule has 2 aliphatic rings. The molecule has 5 atom stereocenters. The van der Waals surface area contributed by atoms with E-state index in [-0.39, 0.29) is 23.6 Å². The topological polar surface area (TPSA) is 60.8 Å². The van der Waals surface area contributed by atoms with Gasteiger partial charge >= 0.3 is 6.18 Å². The van der Waals surface area contributed by atoms with E-state index in [0.717, 1.165) is 17.7 Å². The molecule has 166 valence electrons. The van der Waals surface area contributed by atoms with Crippen LogP contribution in [-0.2, 0) is 6.18 Å². The Morgan fingerprint density at radius 2 is 1.68 bits per heavy atom. The van der Waals surface area contributed by atoms with Crippen molar-refractivity contribution in [3.8, 4) is 0 Å². The van der Waals surface area contributed by atoms with Crippen molar-refractivity contribution in [1.29, 1.82) is 0 Å². The first kappa shape index (κ1) is 21.8. The van der Waals surface area contributed by atoms with Crippen LogP contribution >= 0.6 is 0 Å². The van der Waals surface area contributed by atoms with Crippen molar-refractivity contribution < 1.29 is 28.2 Å². The monoisotopic (exact) mass is 433 g/mol. The zero-order valence-electron chi connectivity index (χ0n) is 17.2. The smallest absolute Gasteiger partial charge is 0.390 e. The van der Waals surface area contributed by atoms with Crippen molar-refractivity contribution in [2.75, 3.05) is 0 Å². The summed E-state index contributed by atoms with van der Waals surface area (Å²) in [4.78, 5) is 15.3. The number of rotatable bonds is 2. The second-order valence-corrected chi connectivity index (χ2v) is 8.88. The van der Waals surface area contributed by atoms with Crippen molar-refractivity contribution in [2.24, 2.45) is 5.41 Å². The van der Waals surface area contributed by atoms with Gasteiger partial charge in [0.05, 0.1) is 23.8 Å². The molecule has 1 saturated carbocycles. The number of aliphatic hydroxyl groups excluding tert-OH is 2. The Hall–Kier alpha value is -2.38. The number of aliphatic hydroxyl groups is 2. The van der Waals surface area contributed by atoms with Gasteiger partial charge < -0.3 is 15.1 Å². The van der Waals surface area contributed by atoms with Crippen molar-refractivity contribution >= 4 is 5.91 Å². The first-order chi connectivity index (χ1) is 14.6. The van der Waals surface area contributed by atoms with Crippen LogP contribution in [0.4, 0.5) is 13.2 Å². The summed E-state index contributed by atoms with van der Waals surface area (Å²) in [5, 5.41) is 21.4. The molecule has 4 nitrogen and oxygen atoms in total. The summed E-state index contributed by atoms with van der Waals surface area (Å²) in [5.74, 6) is -0.361. The molecule has 0 radical (unpaired) electrons. The molecule has 1 saturated heterocycles. The second kappa shape index (κ2) is 7.95. The minimum atomic E-state index is -4.47. The summed E-state index contributed by atoms with van der Waals surface area (Å²) < 4.78 is 38.9. The molecule has 1 aliphatic heterocycles. The Morgan fingerprint density at radius 3 is 2.29 bits per heavy atom. The number of alkyl halides is 3. The Bertz CT molecular complexity index is 931. The zero-order valence-corrected chi connectivity index (χ0v) is 17.2. The fourth-order valence-electron chi connectivity index (χ4n) is 5.28. The maximum Gasteiger partial charge on any atom is 0.416 e. The van der Waals surface area contributed by atoms with Gasteiger partial charge in [-0.15, -0.1) is 0 Å². The number of halogens is 3. The van der Waals surface area contributed by atoms with E-state index in [1.54, 1.807) is 4.90 Å². The lowest BCUT2D eigenvalue weighted by atomic mass is 9.74. The predicted molar refractivity (Wildman–Crippen MR) is 109 cm³/mol. The van der Waals surface area contributed by atoms with Crippen molar-refractivity contribution in [3.05, 3.63) is 71.3 Å². The molecule has 2 fully saturated rings. The molecule has 2 aromatic rings. The van der Waals surface area contributed by atoms with E-state index in [9.17, 15) is 28.2 Å². The van der Waals surface area contributed by atoms with Crippen molar-refractivity contribution in [3.63, 3.8) is 0 Å². The van der Waals surface area contributed by atoms with E-state index in [0.29, 0.717) is 25.7 Å². The highest BCUT2D eigenvalue weighted by Gasteiger charge is 2.57. The molecule has 0 aromatic heterocycles. The summed E-state index contributed by atoms with van der Waals surface area (Å²) in [5.41, 5.74) is -0.447.